The highest BCUT2D eigenvalue weighted by atomic mass is 16.6. The number of esters is 2. The molecule has 0 radical (unpaired) electrons. The minimum atomic E-state index is -0.785. The number of likely N-dealkylation sites (N-methyl/N-ethyl adjacent to an activating group) is 1. The zero-order chi connectivity index (χ0) is 30.3. The van der Waals surface area contributed by atoms with Crippen LogP contribution in [0.1, 0.15) is 62.6 Å². The van der Waals surface area contributed by atoms with Crippen molar-refractivity contribution in [3.63, 3.8) is 0 Å². The fraction of sp³-hybridized carbons (Fsp3) is 0.361. The van der Waals surface area contributed by atoms with Gasteiger partial charge in [-0.2, -0.15) is 0 Å². The summed E-state index contributed by atoms with van der Waals surface area (Å²) in [6.07, 6.45) is 0.920. The summed E-state index contributed by atoms with van der Waals surface area (Å²) in [4.78, 5) is 33.6. The first kappa shape index (κ1) is 30.9. The minimum absolute atomic E-state index is 0.263. The van der Waals surface area contributed by atoms with Crippen LogP contribution in [-0.2, 0) is 19.1 Å². The molecule has 0 aromatic heterocycles. The molecule has 1 aliphatic heterocycles. The molecule has 0 aliphatic carbocycles. The molecular weight excluding hydrogens is 524 g/mol. The Labute approximate surface area is 250 Å². The van der Waals surface area contributed by atoms with Crippen molar-refractivity contribution in [2.75, 3.05) is 27.2 Å². The molecule has 0 spiro atoms. The van der Waals surface area contributed by atoms with E-state index >= 15 is 0 Å². The number of aliphatic imine (C=N–C) groups is 1. The third-order valence-corrected chi connectivity index (χ3v) is 7.89. The molecule has 2 atom stereocenters. The lowest BCUT2D eigenvalue weighted by atomic mass is 9.75. The van der Waals surface area contributed by atoms with Gasteiger partial charge in [0.1, 0.15) is 11.5 Å². The summed E-state index contributed by atoms with van der Waals surface area (Å²) in [6, 6.07) is 30.7. The van der Waals surface area contributed by atoms with Crippen LogP contribution in [0.3, 0.4) is 0 Å². The first-order chi connectivity index (χ1) is 20.1. The average molecular weight is 567 g/mol. The van der Waals surface area contributed by atoms with Gasteiger partial charge in [0, 0.05) is 29.8 Å². The van der Waals surface area contributed by atoms with Gasteiger partial charge in [-0.1, -0.05) is 91.0 Å². The van der Waals surface area contributed by atoms with E-state index in [0.717, 1.165) is 18.5 Å². The molecule has 0 N–H and O–H groups in total. The van der Waals surface area contributed by atoms with Gasteiger partial charge >= 0.3 is 11.9 Å². The lowest BCUT2D eigenvalue weighted by Gasteiger charge is -2.35. The van der Waals surface area contributed by atoms with Crippen molar-refractivity contribution in [3.05, 3.63) is 119 Å². The van der Waals surface area contributed by atoms with Gasteiger partial charge in [-0.25, -0.2) is 4.79 Å². The molecule has 0 bridgehead atoms. The van der Waals surface area contributed by atoms with Crippen molar-refractivity contribution in [2.45, 2.75) is 51.6 Å². The van der Waals surface area contributed by atoms with Crippen LogP contribution >= 0.6 is 0 Å². The van der Waals surface area contributed by atoms with E-state index in [9.17, 15) is 9.59 Å². The normalized spacial score (nSPS) is 17.3. The van der Waals surface area contributed by atoms with E-state index < -0.39 is 29.4 Å². The second kappa shape index (κ2) is 13.8. The monoisotopic (exact) mass is 566 g/mol. The van der Waals surface area contributed by atoms with Gasteiger partial charge in [0.15, 0.2) is 0 Å². The highest BCUT2D eigenvalue weighted by Gasteiger charge is 2.43. The summed E-state index contributed by atoms with van der Waals surface area (Å²) in [6.45, 7) is 8.82. The summed E-state index contributed by atoms with van der Waals surface area (Å²) < 4.78 is 11.3. The number of benzene rings is 3. The quantitative estimate of drug-likeness (QED) is 0.239. The number of rotatable bonds is 11. The van der Waals surface area contributed by atoms with Crippen LogP contribution in [0.5, 0.6) is 0 Å². The topological polar surface area (TPSA) is 68.2 Å². The Bertz CT molecular complexity index is 1380. The lowest BCUT2D eigenvalue weighted by molar-refractivity contribution is -0.153. The van der Waals surface area contributed by atoms with Crippen LogP contribution in [0.4, 0.5) is 0 Å². The van der Waals surface area contributed by atoms with Crippen LogP contribution in [0, 0.1) is 5.92 Å². The maximum absolute atomic E-state index is 13.9. The van der Waals surface area contributed by atoms with Crippen molar-refractivity contribution >= 4 is 17.7 Å². The van der Waals surface area contributed by atoms with Gasteiger partial charge in [-0.05, 0) is 64.4 Å². The van der Waals surface area contributed by atoms with E-state index in [1.165, 1.54) is 18.2 Å². The van der Waals surface area contributed by atoms with Crippen molar-refractivity contribution in [1.82, 2.24) is 4.90 Å². The maximum atomic E-state index is 13.9. The molecule has 3 aromatic rings. The van der Waals surface area contributed by atoms with Gasteiger partial charge in [0.2, 0.25) is 0 Å². The van der Waals surface area contributed by atoms with Crippen LogP contribution < -0.4 is 0 Å². The largest absolute Gasteiger partial charge is 0.468 e. The van der Waals surface area contributed by atoms with Crippen LogP contribution in [0.2, 0.25) is 0 Å². The summed E-state index contributed by atoms with van der Waals surface area (Å²) in [5.74, 6) is -1.87. The Morgan fingerprint density at radius 2 is 1.40 bits per heavy atom. The number of carbonyl (C=O) groups excluding carboxylic acids is 2. The van der Waals surface area contributed by atoms with Crippen LogP contribution in [0.25, 0.3) is 0 Å². The second-order valence-electron chi connectivity index (χ2n) is 11.7. The SMILES string of the molecule is COC(=O)C1C(C)=NC(C)=C(C(=O)OC(C)(C)CN(C)CCC(c2ccccc2)c2ccccc2)C1c1ccccc1. The number of ether oxygens (including phenoxy) is 2. The van der Waals surface area contributed by atoms with Gasteiger partial charge < -0.3 is 14.4 Å². The Morgan fingerprint density at radius 3 is 1.93 bits per heavy atom. The number of methoxy groups -OCH3 is 1. The summed E-state index contributed by atoms with van der Waals surface area (Å²) in [5, 5.41) is 0. The van der Waals surface area contributed by atoms with Crippen molar-refractivity contribution in [3.8, 4) is 0 Å². The number of allylic oxidation sites excluding steroid dienone is 1. The van der Waals surface area contributed by atoms with E-state index in [2.05, 4.69) is 65.5 Å². The summed E-state index contributed by atoms with van der Waals surface area (Å²) in [7, 11) is 3.42. The first-order valence-electron chi connectivity index (χ1n) is 14.5. The summed E-state index contributed by atoms with van der Waals surface area (Å²) in [5.41, 5.74) is 4.20. The molecule has 2 unspecified atom stereocenters. The number of hydrogen-bond acceptors (Lipinski definition) is 6. The summed E-state index contributed by atoms with van der Waals surface area (Å²) >= 11 is 0. The number of hydrogen-bond donors (Lipinski definition) is 0. The first-order valence-corrected chi connectivity index (χ1v) is 14.5. The smallest absolute Gasteiger partial charge is 0.337 e. The molecule has 42 heavy (non-hydrogen) atoms. The van der Waals surface area contributed by atoms with Crippen molar-refractivity contribution in [1.29, 1.82) is 0 Å². The van der Waals surface area contributed by atoms with Crippen LogP contribution in [-0.4, -0.2) is 55.4 Å². The van der Waals surface area contributed by atoms with Gasteiger partial charge in [0.25, 0.3) is 0 Å². The molecule has 1 aliphatic rings. The van der Waals surface area contributed by atoms with Gasteiger partial charge in [-0.15, -0.1) is 0 Å². The van der Waals surface area contributed by atoms with E-state index in [-0.39, 0.29) is 5.92 Å². The average Bonchev–Trinajstić information content (AvgIpc) is 2.97. The molecule has 6 nitrogen and oxygen atoms in total. The maximum Gasteiger partial charge on any atom is 0.337 e. The zero-order valence-electron chi connectivity index (χ0n) is 25.5. The minimum Gasteiger partial charge on any atom is -0.468 e. The van der Waals surface area contributed by atoms with E-state index in [0.29, 0.717) is 23.5 Å². The van der Waals surface area contributed by atoms with Gasteiger partial charge in [-0.3, -0.25) is 9.79 Å². The molecule has 0 fully saturated rings. The Morgan fingerprint density at radius 1 is 0.881 bits per heavy atom. The molecule has 3 aromatic carbocycles. The molecular formula is C36H42N2O4. The Kier molecular flexibility index (Phi) is 10.1. The standard InChI is InChI=1S/C36H42N2O4/c1-25-31(34(39)41-6)33(29-20-14-9-15-21-29)32(26(2)37-25)35(40)42-36(3,4)24-38(5)23-22-30(27-16-10-7-11-17-27)28-18-12-8-13-19-28/h7-21,30-31,33H,22-24H2,1-6H3. The number of nitrogens with zero attached hydrogens (tertiary/aromatic N) is 2. The van der Waals surface area contributed by atoms with Crippen LogP contribution in [0.15, 0.2) is 107 Å². The highest BCUT2D eigenvalue weighted by Crippen LogP contribution is 2.40. The Hall–Kier alpha value is -4.03. The highest BCUT2D eigenvalue weighted by molar-refractivity contribution is 6.07. The fourth-order valence-electron chi connectivity index (χ4n) is 6.07. The third-order valence-electron chi connectivity index (χ3n) is 7.89. The lowest BCUT2D eigenvalue weighted by Crippen LogP contribution is -2.43. The van der Waals surface area contributed by atoms with Gasteiger partial charge in [0.05, 0.1) is 12.7 Å². The molecule has 6 heteroatoms. The molecule has 0 saturated carbocycles. The molecule has 1 heterocycles. The van der Waals surface area contributed by atoms with E-state index in [1.807, 2.05) is 56.3 Å². The fourth-order valence-corrected chi connectivity index (χ4v) is 6.07. The van der Waals surface area contributed by atoms with E-state index in [4.69, 9.17) is 9.47 Å². The Balaban J connectivity index is 1.50. The zero-order valence-corrected chi connectivity index (χ0v) is 25.5. The van der Waals surface area contributed by atoms with E-state index in [1.54, 1.807) is 13.8 Å². The third kappa shape index (κ3) is 7.42. The van der Waals surface area contributed by atoms with Crippen molar-refractivity contribution in [2.24, 2.45) is 10.9 Å². The molecule has 220 valence electrons. The van der Waals surface area contributed by atoms with Crippen molar-refractivity contribution < 1.29 is 19.1 Å². The molecule has 0 saturated heterocycles. The number of carbonyl (C=O) groups is 2. The predicted molar refractivity (Wildman–Crippen MR) is 168 cm³/mol. The molecule has 0 amide bonds. The predicted octanol–water partition coefficient (Wildman–Crippen LogP) is 6.78. The molecule has 4 rings (SSSR count). The second-order valence-corrected chi connectivity index (χ2v) is 11.7.